The van der Waals surface area contributed by atoms with Gasteiger partial charge in [0.05, 0.1) is 5.39 Å². The Morgan fingerprint density at radius 3 is 2.40 bits per heavy atom. The second kappa shape index (κ2) is 9.82. The van der Waals surface area contributed by atoms with E-state index in [1.165, 1.54) is 11.6 Å². The summed E-state index contributed by atoms with van der Waals surface area (Å²) in [4.78, 5) is 37.9. The van der Waals surface area contributed by atoms with Gasteiger partial charge in [-0.05, 0) is 31.5 Å². The number of benzene rings is 2. The number of aromatic nitrogens is 2. The summed E-state index contributed by atoms with van der Waals surface area (Å²) in [6.07, 6.45) is 1.72. The fourth-order valence-electron chi connectivity index (χ4n) is 3.08. The van der Waals surface area contributed by atoms with E-state index in [0.717, 1.165) is 19.3 Å². The number of nitrogens with one attached hydrogen (secondary N) is 1. The van der Waals surface area contributed by atoms with Crippen LogP contribution >= 0.6 is 0 Å². The van der Waals surface area contributed by atoms with E-state index < -0.39 is 18.0 Å². The number of anilines is 1. The van der Waals surface area contributed by atoms with Gasteiger partial charge in [-0.2, -0.15) is 5.10 Å². The van der Waals surface area contributed by atoms with Gasteiger partial charge in [0.1, 0.15) is 0 Å². The lowest BCUT2D eigenvalue weighted by Gasteiger charge is -2.15. The van der Waals surface area contributed by atoms with E-state index in [-0.39, 0.29) is 11.3 Å². The maximum Gasteiger partial charge on any atom is 0.360 e. The molecule has 0 aliphatic rings. The Labute approximate surface area is 174 Å². The van der Waals surface area contributed by atoms with Crippen LogP contribution in [0.15, 0.2) is 59.4 Å². The number of ether oxygens (including phenoxy) is 1. The van der Waals surface area contributed by atoms with Crippen molar-refractivity contribution in [3.05, 3.63) is 70.6 Å². The Kier molecular flexibility index (Phi) is 6.95. The monoisotopic (exact) mass is 407 g/mol. The van der Waals surface area contributed by atoms with E-state index in [1.54, 1.807) is 48.5 Å². The zero-order chi connectivity index (χ0) is 21.5. The molecule has 3 aromatic rings. The van der Waals surface area contributed by atoms with E-state index in [2.05, 4.69) is 17.3 Å². The Morgan fingerprint density at radius 2 is 1.70 bits per heavy atom. The number of rotatable bonds is 8. The molecule has 7 heteroatoms. The van der Waals surface area contributed by atoms with Crippen molar-refractivity contribution in [2.24, 2.45) is 0 Å². The van der Waals surface area contributed by atoms with Crippen LogP contribution in [0, 0.1) is 0 Å². The molecule has 0 saturated heterocycles. The van der Waals surface area contributed by atoms with Crippen molar-refractivity contribution < 1.29 is 14.3 Å². The highest BCUT2D eigenvalue weighted by Crippen LogP contribution is 2.16. The number of amides is 1. The van der Waals surface area contributed by atoms with E-state index in [0.29, 0.717) is 23.0 Å². The van der Waals surface area contributed by atoms with Gasteiger partial charge in [-0.1, -0.05) is 56.2 Å². The van der Waals surface area contributed by atoms with Crippen molar-refractivity contribution in [2.75, 3.05) is 5.32 Å². The zero-order valence-corrected chi connectivity index (χ0v) is 17.1. The molecule has 0 aliphatic carbocycles. The molecule has 0 radical (unpaired) electrons. The summed E-state index contributed by atoms with van der Waals surface area (Å²) < 4.78 is 6.68. The normalized spacial score (nSPS) is 11.8. The molecule has 1 atom stereocenters. The minimum absolute atomic E-state index is 0.0288. The zero-order valence-electron chi connectivity index (χ0n) is 17.1. The van der Waals surface area contributed by atoms with Gasteiger partial charge in [0.2, 0.25) is 0 Å². The van der Waals surface area contributed by atoms with Crippen molar-refractivity contribution >= 4 is 28.3 Å². The molecule has 0 fully saturated rings. The van der Waals surface area contributed by atoms with Crippen molar-refractivity contribution in [1.29, 1.82) is 0 Å². The molecule has 1 amide bonds. The Bertz CT molecular complexity index is 1090. The van der Waals surface area contributed by atoms with Crippen LogP contribution in [0.5, 0.6) is 0 Å². The summed E-state index contributed by atoms with van der Waals surface area (Å²) >= 11 is 0. The molecule has 2 aromatic carbocycles. The first kappa shape index (κ1) is 21.2. The number of esters is 1. The van der Waals surface area contributed by atoms with Crippen molar-refractivity contribution in [1.82, 2.24) is 9.78 Å². The van der Waals surface area contributed by atoms with Gasteiger partial charge < -0.3 is 10.1 Å². The van der Waals surface area contributed by atoms with Crippen LogP contribution in [-0.2, 0) is 16.1 Å². The number of carbonyl (C=O) groups is 2. The topological polar surface area (TPSA) is 90.3 Å². The summed E-state index contributed by atoms with van der Waals surface area (Å²) in [6.45, 7) is 3.98. The molecule has 1 aromatic heterocycles. The van der Waals surface area contributed by atoms with E-state index in [9.17, 15) is 14.4 Å². The van der Waals surface area contributed by atoms with Gasteiger partial charge in [-0.15, -0.1) is 0 Å². The Balaban J connectivity index is 1.83. The number of hydrogen-bond donors (Lipinski definition) is 1. The molecule has 0 bridgehead atoms. The number of para-hydroxylation sites is 1. The molecule has 0 aliphatic heterocycles. The molecule has 156 valence electrons. The lowest BCUT2D eigenvalue weighted by molar-refractivity contribution is -0.123. The predicted octanol–water partition coefficient (Wildman–Crippen LogP) is 3.77. The van der Waals surface area contributed by atoms with Gasteiger partial charge in [-0.3, -0.25) is 9.59 Å². The fourth-order valence-corrected chi connectivity index (χ4v) is 3.08. The van der Waals surface area contributed by atoms with Crippen molar-refractivity contribution in [3.63, 3.8) is 0 Å². The van der Waals surface area contributed by atoms with E-state index >= 15 is 0 Å². The van der Waals surface area contributed by atoms with Gasteiger partial charge in [-0.25, -0.2) is 9.48 Å². The first-order valence-electron chi connectivity index (χ1n) is 10.1. The molecule has 30 heavy (non-hydrogen) atoms. The highest BCUT2D eigenvalue weighted by Gasteiger charge is 2.23. The van der Waals surface area contributed by atoms with Gasteiger partial charge in [0, 0.05) is 17.6 Å². The lowest BCUT2D eigenvalue weighted by Crippen LogP contribution is -2.32. The van der Waals surface area contributed by atoms with Crippen LogP contribution in [-0.4, -0.2) is 27.8 Å². The maximum absolute atomic E-state index is 12.8. The molecule has 3 rings (SSSR count). The summed E-state index contributed by atoms with van der Waals surface area (Å²) in [5.41, 5.74) is 0.396. The second-order valence-corrected chi connectivity index (χ2v) is 7.03. The molecular weight excluding hydrogens is 382 g/mol. The highest BCUT2D eigenvalue weighted by atomic mass is 16.5. The van der Waals surface area contributed by atoms with Crippen LogP contribution in [0.25, 0.3) is 10.8 Å². The van der Waals surface area contributed by atoms with Gasteiger partial charge in [0.25, 0.3) is 11.5 Å². The predicted molar refractivity (Wildman–Crippen MR) is 115 cm³/mol. The lowest BCUT2D eigenvalue weighted by atomic mass is 10.1. The third-order valence-electron chi connectivity index (χ3n) is 4.73. The van der Waals surface area contributed by atoms with Crippen LogP contribution in [0.3, 0.4) is 0 Å². The minimum Gasteiger partial charge on any atom is -0.448 e. The van der Waals surface area contributed by atoms with Crippen molar-refractivity contribution in [2.45, 2.75) is 45.8 Å². The summed E-state index contributed by atoms with van der Waals surface area (Å²) in [7, 11) is 0. The molecule has 1 heterocycles. The molecule has 0 saturated carbocycles. The van der Waals surface area contributed by atoms with Gasteiger partial charge >= 0.3 is 5.97 Å². The third kappa shape index (κ3) is 4.92. The number of nitrogens with zero attached hydrogens (tertiary/aromatic N) is 2. The van der Waals surface area contributed by atoms with Crippen LogP contribution in [0.1, 0.15) is 43.6 Å². The van der Waals surface area contributed by atoms with E-state index in [4.69, 9.17) is 4.74 Å². The first-order valence-corrected chi connectivity index (χ1v) is 10.1. The van der Waals surface area contributed by atoms with Crippen molar-refractivity contribution in [3.8, 4) is 0 Å². The molecule has 0 spiro atoms. The standard InChI is InChI=1S/C23H25N3O4/c1-3-4-10-15-26-22(28)19-14-9-8-13-18(19)20(25-26)23(29)30-16(2)21(27)24-17-11-6-5-7-12-17/h5-9,11-14,16H,3-4,10,15H2,1-2H3,(H,24,27)/t16-/m1/s1. The maximum atomic E-state index is 12.8. The summed E-state index contributed by atoms with van der Waals surface area (Å²) in [5, 5.41) is 7.78. The highest BCUT2D eigenvalue weighted by molar-refractivity contribution is 6.03. The van der Waals surface area contributed by atoms with Crippen LogP contribution in [0.2, 0.25) is 0 Å². The number of fused-ring (bicyclic) bond motifs is 1. The molecular formula is C23H25N3O4. The number of carbonyl (C=O) groups excluding carboxylic acids is 2. The first-order chi connectivity index (χ1) is 14.5. The Hall–Kier alpha value is -3.48. The Morgan fingerprint density at radius 1 is 1.03 bits per heavy atom. The SMILES string of the molecule is CCCCCn1nc(C(=O)O[C@H](C)C(=O)Nc2ccccc2)c2ccccc2c1=O. The van der Waals surface area contributed by atoms with E-state index in [1.807, 2.05) is 6.07 Å². The number of unbranched alkanes of at least 4 members (excludes halogenated alkanes) is 2. The second-order valence-electron chi connectivity index (χ2n) is 7.03. The third-order valence-corrected chi connectivity index (χ3v) is 4.73. The molecule has 7 nitrogen and oxygen atoms in total. The molecule has 1 N–H and O–H groups in total. The summed E-state index contributed by atoms with van der Waals surface area (Å²) in [6, 6.07) is 15.7. The average Bonchev–Trinajstić information content (AvgIpc) is 2.76. The smallest absolute Gasteiger partial charge is 0.360 e. The largest absolute Gasteiger partial charge is 0.448 e. The quantitative estimate of drug-likeness (QED) is 0.453. The van der Waals surface area contributed by atoms with Crippen LogP contribution in [0.4, 0.5) is 5.69 Å². The van der Waals surface area contributed by atoms with Gasteiger partial charge in [0.15, 0.2) is 11.8 Å². The fraction of sp³-hybridized carbons (Fsp3) is 0.304. The minimum atomic E-state index is -1.03. The van der Waals surface area contributed by atoms with Crippen LogP contribution < -0.4 is 10.9 Å². The molecule has 0 unspecified atom stereocenters. The number of aryl methyl sites for hydroxylation is 1. The number of hydrogen-bond acceptors (Lipinski definition) is 5. The average molecular weight is 407 g/mol. The summed E-state index contributed by atoms with van der Waals surface area (Å²) in [5.74, 6) is -1.19.